The molecule has 2 aromatic heterocycles. The number of carbonyl (C=O) groups is 1. The van der Waals surface area contributed by atoms with Crippen LogP contribution in [0.25, 0.3) is 5.69 Å². The zero-order valence-electron chi connectivity index (χ0n) is 15.5. The van der Waals surface area contributed by atoms with Gasteiger partial charge in [-0.1, -0.05) is 47.6 Å². The van der Waals surface area contributed by atoms with Gasteiger partial charge in [-0.15, -0.1) is 0 Å². The average Bonchev–Trinajstić information content (AvgIpc) is 3.39. The number of nitrogens with one attached hydrogen (secondary N) is 1. The van der Waals surface area contributed by atoms with Gasteiger partial charge in [0.1, 0.15) is 30.0 Å². The summed E-state index contributed by atoms with van der Waals surface area (Å²) in [6.45, 7) is 0.272. The highest BCUT2D eigenvalue weighted by Crippen LogP contribution is 2.30. The summed E-state index contributed by atoms with van der Waals surface area (Å²) in [5.41, 5.74) is 2.21. The Bertz CT molecular complexity index is 1150. The Balaban J connectivity index is 1.34. The van der Waals surface area contributed by atoms with Crippen LogP contribution < -0.4 is 10.1 Å². The molecule has 7 heteroatoms. The summed E-state index contributed by atoms with van der Waals surface area (Å²) in [7, 11) is 0. The molecule has 0 spiro atoms. The van der Waals surface area contributed by atoms with Crippen molar-refractivity contribution in [2.75, 3.05) is 6.61 Å². The van der Waals surface area contributed by atoms with Crippen molar-refractivity contribution >= 4 is 5.91 Å². The number of fused-ring (bicyclic) bond motifs is 3. The third-order valence-electron chi connectivity index (χ3n) is 4.83. The summed E-state index contributed by atoms with van der Waals surface area (Å²) in [4.78, 5) is 17.2. The molecule has 0 aliphatic carbocycles. The number of rotatable bonds is 4. The number of aromatic nitrogens is 3. The lowest BCUT2D eigenvalue weighted by Gasteiger charge is -2.15. The maximum absolute atomic E-state index is 12.8. The largest absolute Gasteiger partial charge is 0.489 e. The van der Waals surface area contributed by atoms with E-state index >= 15 is 0 Å². The number of amides is 1. The Labute approximate surface area is 166 Å². The molecule has 1 aliphatic heterocycles. The van der Waals surface area contributed by atoms with Crippen LogP contribution in [0.5, 0.6) is 5.75 Å². The molecule has 0 bridgehead atoms. The predicted molar refractivity (Wildman–Crippen MR) is 105 cm³/mol. The molecule has 4 aromatic rings. The quantitative estimate of drug-likeness (QED) is 0.582. The van der Waals surface area contributed by atoms with E-state index in [1.54, 1.807) is 12.3 Å². The van der Waals surface area contributed by atoms with E-state index < -0.39 is 6.04 Å². The molecular formula is C22H18N4O3. The Morgan fingerprint density at radius 3 is 2.86 bits per heavy atom. The SMILES string of the molecule is O=C(N[C@H]1COc2ccccc2-n2ccnc21)c1cc(Cc2ccccc2)on1. The molecule has 7 nitrogen and oxygen atoms in total. The van der Waals surface area contributed by atoms with Crippen LogP contribution in [0.3, 0.4) is 0 Å². The number of nitrogens with zero attached hydrogens (tertiary/aromatic N) is 3. The van der Waals surface area contributed by atoms with Gasteiger partial charge < -0.3 is 14.6 Å². The Kier molecular flexibility index (Phi) is 4.32. The van der Waals surface area contributed by atoms with Crippen molar-refractivity contribution in [2.45, 2.75) is 12.5 Å². The first-order chi connectivity index (χ1) is 14.3. The number of ether oxygens (including phenoxy) is 1. The lowest BCUT2D eigenvalue weighted by molar-refractivity contribution is 0.0910. The molecule has 1 N–H and O–H groups in total. The summed E-state index contributed by atoms with van der Waals surface area (Å²) in [6.07, 6.45) is 4.15. The molecule has 0 fully saturated rings. The van der Waals surface area contributed by atoms with E-state index in [9.17, 15) is 4.79 Å². The van der Waals surface area contributed by atoms with Crippen LogP contribution in [0, 0.1) is 0 Å². The van der Waals surface area contributed by atoms with Crippen LogP contribution in [-0.2, 0) is 6.42 Å². The van der Waals surface area contributed by atoms with Gasteiger partial charge in [-0.05, 0) is 17.7 Å². The summed E-state index contributed by atoms with van der Waals surface area (Å²) in [5.74, 6) is 1.75. The first-order valence-corrected chi connectivity index (χ1v) is 9.34. The fourth-order valence-electron chi connectivity index (χ4n) is 3.44. The van der Waals surface area contributed by atoms with Crippen LogP contribution in [0.2, 0.25) is 0 Å². The first-order valence-electron chi connectivity index (χ1n) is 9.34. The molecule has 3 heterocycles. The lowest BCUT2D eigenvalue weighted by atomic mass is 10.1. The zero-order valence-corrected chi connectivity index (χ0v) is 15.5. The predicted octanol–water partition coefficient (Wildman–Crippen LogP) is 3.31. The highest BCUT2D eigenvalue weighted by molar-refractivity contribution is 5.92. The van der Waals surface area contributed by atoms with Gasteiger partial charge in [0.25, 0.3) is 5.91 Å². The molecule has 0 saturated carbocycles. The minimum atomic E-state index is -0.417. The van der Waals surface area contributed by atoms with Crippen molar-refractivity contribution in [3.05, 3.63) is 95.9 Å². The molecule has 1 amide bonds. The van der Waals surface area contributed by atoms with Gasteiger partial charge in [-0.3, -0.25) is 9.36 Å². The van der Waals surface area contributed by atoms with Crippen LogP contribution >= 0.6 is 0 Å². The minimum absolute atomic E-state index is 0.232. The Hall–Kier alpha value is -3.87. The lowest BCUT2D eigenvalue weighted by Crippen LogP contribution is -2.33. The van der Waals surface area contributed by atoms with Gasteiger partial charge in [0.2, 0.25) is 0 Å². The molecule has 0 saturated heterocycles. The fourth-order valence-corrected chi connectivity index (χ4v) is 3.44. The number of para-hydroxylation sites is 2. The van der Waals surface area contributed by atoms with Gasteiger partial charge in [0, 0.05) is 24.9 Å². The summed E-state index contributed by atoms with van der Waals surface area (Å²) < 4.78 is 13.2. The highest BCUT2D eigenvalue weighted by Gasteiger charge is 2.27. The van der Waals surface area contributed by atoms with Crippen molar-refractivity contribution in [2.24, 2.45) is 0 Å². The minimum Gasteiger partial charge on any atom is -0.489 e. The number of hydrogen-bond acceptors (Lipinski definition) is 5. The molecular weight excluding hydrogens is 368 g/mol. The standard InChI is InChI=1S/C22H18N4O3/c27-22(17-13-16(29-25-17)12-15-6-2-1-3-7-15)24-18-14-28-20-9-5-4-8-19(20)26-11-10-23-21(18)26/h1-11,13,18H,12,14H2,(H,24,27)/t18-/m0/s1. The van der Waals surface area contributed by atoms with Gasteiger partial charge >= 0.3 is 0 Å². The Morgan fingerprint density at radius 1 is 1.14 bits per heavy atom. The number of imidazole rings is 1. The third-order valence-corrected chi connectivity index (χ3v) is 4.83. The van der Waals surface area contributed by atoms with E-state index in [0.717, 1.165) is 17.0 Å². The van der Waals surface area contributed by atoms with Gasteiger partial charge in [0.05, 0.1) is 5.69 Å². The summed E-state index contributed by atoms with van der Waals surface area (Å²) in [5, 5.41) is 6.89. The maximum atomic E-state index is 12.8. The van der Waals surface area contributed by atoms with Crippen LogP contribution in [-0.4, -0.2) is 27.2 Å². The molecule has 0 radical (unpaired) electrons. The van der Waals surface area contributed by atoms with Gasteiger partial charge in [-0.2, -0.15) is 0 Å². The van der Waals surface area contributed by atoms with Crippen molar-refractivity contribution in [3.63, 3.8) is 0 Å². The normalized spacial score (nSPS) is 15.0. The highest BCUT2D eigenvalue weighted by atomic mass is 16.5. The molecule has 29 heavy (non-hydrogen) atoms. The molecule has 1 aliphatic rings. The first kappa shape index (κ1) is 17.2. The molecule has 2 aromatic carbocycles. The zero-order chi connectivity index (χ0) is 19.6. The number of benzene rings is 2. The van der Waals surface area contributed by atoms with Crippen LogP contribution in [0.1, 0.15) is 33.7 Å². The van der Waals surface area contributed by atoms with E-state index in [2.05, 4.69) is 15.5 Å². The second-order valence-electron chi connectivity index (χ2n) is 6.80. The second kappa shape index (κ2) is 7.27. The summed E-state index contributed by atoms with van der Waals surface area (Å²) in [6, 6.07) is 18.9. The van der Waals surface area contributed by atoms with E-state index in [-0.39, 0.29) is 18.2 Å². The van der Waals surface area contributed by atoms with E-state index in [1.165, 1.54) is 0 Å². The van der Waals surface area contributed by atoms with Crippen molar-refractivity contribution in [1.29, 1.82) is 0 Å². The van der Waals surface area contributed by atoms with E-state index in [0.29, 0.717) is 18.0 Å². The van der Waals surface area contributed by atoms with Gasteiger partial charge in [0.15, 0.2) is 5.69 Å². The molecule has 1 atom stereocenters. The third kappa shape index (κ3) is 3.38. The van der Waals surface area contributed by atoms with E-state index in [1.807, 2.05) is 65.4 Å². The molecule has 5 rings (SSSR count). The number of carbonyl (C=O) groups excluding carboxylic acids is 1. The Morgan fingerprint density at radius 2 is 1.97 bits per heavy atom. The van der Waals surface area contributed by atoms with E-state index in [4.69, 9.17) is 9.26 Å². The monoisotopic (exact) mass is 386 g/mol. The van der Waals surface area contributed by atoms with Crippen LogP contribution in [0.15, 0.2) is 77.6 Å². The van der Waals surface area contributed by atoms with Crippen molar-refractivity contribution < 1.29 is 14.1 Å². The summed E-state index contributed by atoms with van der Waals surface area (Å²) >= 11 is 0. The molecule has 0 unspecified atom stereocenters. The maximum Gasteiger partial charge on any atom is 0.274 e. The second-order valence-corrected chi connectivity index (χ2v) is 6.80. The fraction of sp³-hybridized carbons (Fsp3) is 0.136. The topological polar surface area (TPSA) is 82.2 Å². The van der Waals surface area contributed by atoms with Crippen molar-refractivity contribution in [3.8, 4) is 11.4 Å². The number of hydrogen-bond donors (Lipinski definition) is 1. The average molecular weight is 386 g/mol. The van der Waals surface area contributed by atoms with Crippen LogP contribution in [0.4, 0.5) is 0 Å². The molecule has 144 valence electrons. The smallest absolute Gasteiger partial charge is 0.274 e. The van der Waals surface area contributed by atoms with Gasteiger partial charge in [-0.25, -0.2) is 4.98 Å². The van der Waals surface area contributed by atoms with Crippen molar-refractivity contribution in [1.82, 2.24) is 20.0 Å².